The van der Waals surface area contributed by atoms with Crippen molar-refractivity contribution in [3.63, 3.8) is 0 Å². The fourth-order valence-corrected chi connectivity index (χ4v) is 0.862. The van der Waals surface area contributed by atoms with Crippen molar-refractivity contribution in [2.75, 3.05) is 13.2 Å². The van der Waals surface area contributed by atoms with Crippen LogP contribution in [0.5, 0.6) is 0 Å². The summed E-state index contributed by atoms with van der Waals surface area (Å²) in [5.74, 6) is -1.33. The Morgan fingerprint density at radius 2 is 1.87 bits per heavy atom. The first kappa shape index (κ1) is 13.3. The average molecular weight is 215 g/mol. The van der Waals surface area contributed by atoms with Crippen molar-refractivity contribution in [3.8, 4) is 0 Å². The highest BCUT2D eigenvalue weighted by molar-refractivity contribution is 5.83. The zero-order chi connectivity index (χ0) is 11.7. The van der Waals surface area contributed by atoms with Crippen LogP contribution in [0, 0.1) is 0 Å². The van der Waals surface area contributed by atoms with E-state index in [-0.39, 0.29) is 19.6 Å². The third-order valence-electron chi connectivity index (χ3n) is 1.43. The summed E-state index contributed by atoms with van der Waals surface area (Å²) in [6.07, 6.45) is 0.917. The number of carbonyl (C=O) groups excluding carboxylic acids is 3. The first-order valence-corrected chi connectivity index (χ1v) is 4.54. The minimum Gasteiger partial charge on any atom is -0.466 e. The van der Waals surface area contributed by atoms with Crippen LogP contribution < -0.4 is 0 Å². The van der Waals surface area contributed by atoms with Gasteiger partial charge >= 0.3 is 11.9 Å². The van der Waals surface area contributed by atoms with Gasteiger partial charge < -0.3 is 9.47 Å². The van der Waals surface area contributed by atoms with E-state index in [1.807, 2.05) is 0 Å². The molecule has 0 spiro atoms. The number of isocyanates is 1. The van der Waals surface area contributed by atoms with Gasteiger partial charge in [-0.2, -0.15) is 4.99 Å². The van der Waals surface area contributed by atoms with Crippen LogP contribution >= 0.6 is 0 Å². The maximum absolute atomic E-state index is 11.2. The second-order valence-corrected chi connectivity index (χ2v) is 2.50. The van der Waals surface area contributed by atoms with Gasteiger partial charge in [-0.05, 0) is 13.8 Å². The molecule has 0 aromatic carbocycles. The van der Waals surface area contributed by atoms with Crippen molar-refractivity contribution >= 4 is 18.0 Å². The quantitative estimate of drug-likeness (QED) is 0.359. The van der Waals surface area contributed by atoms with Gasteiger partial charge in [0.2, 0.25) is 6.08 Å². The molecule has 6 nitrogen and oxygen atoms in total. The fourth-order valence-electron chi connectivity index (χ4n) is 0.862. The molecule has 0 bridgehead atoms. The Morgan fingerprint density at radius 3 is 2.33 bits per heavy atom. The molecule has 0 aliphatic rings. The Kier molecular flexibility index (Phi) is 6.84. The normalized spacial score (nSPS) is 11.1. The van der Waals surface area contributed by atoms with E-state index < -0.39 is 18.0 Å². The van der Waals surface area contributed by atoms with Crippen molar-refractivity contribution in [2.45, 2.75) is 26.3 Å². The van der Waals surface area contributed by atoms with E-state index in [0.29, 0.717) is 0 Å². The van der Waals surface area contributed by atoms with Crippen molar-refractivity contribution < 1.29 is 23.9 Å². The number of esters is 2. The molecular formula is C9H13NO5. The van der Waals surface area contributed by atoms with E-state index >= 15 is 0 Å². The third kappa shape index (κ3) is 5.59. The molecule has 6 heteroatoms. The highest BCUT2D eigenvalue weighted by atomic mass is 16.5. The number of hydrogen-bond acceptors (Lipinski definition) is 6. The Bertz CT molecular complexity index is 270. The van der Waals surface area contributed by atoms with Crippen molar-refractivity contribution in [1.29, 1.82) is 0 Å². The number of nitrogens with zero attached hydrogens (tertiary/aromatic N) is 1. The summed E-state index contributed by atoms with van der Waals surface area (Å²) in [7, 11) is 0. The smallest absolute Gasteiger partial charge is 0.332 e. The summed E-state index contributed by atoms with van der Waals surface area (Å²) in [6.45, 7) is 3.62. The van der Waals surface area contributed by atoms with Crippen LogP contribution in [0.4, 0.5) is 0 Å². The molecule has 84 valence electrons. The van der Waals surface area contributed by atoms with Gasteiger partial charge in [0.05, 0.1) is 19.6 Å². The van der Waals surface area contributed by atoms with Gasteiger partial charge in [-0.1, -0.05) is 0 Å². The van der Waals surface area contributed by atoms with Crippen LogP contribution in [0.3, 0.4) is 0 Å². The van der Waals surface area contributed by atoms with Crippen LogP contribution in [0.25, 0.3) is 0 Å². The third-order valence-corrected chi connectivity index (χ3v) is 1.43. The molecule has 0 saturated carbocycles. The lowest BCUT2D eigenvalue weighted by Gasteiger charge is -2.08. The van der Waals surface area contributed by atoms with E-state index in [1.165, 1.54) is 6.08 Å². The molecule has 0 rings (SSSR count). The standard InChI is InChI=1S/C9H13NO5/c1-3-14-8(12)5-7(10-6-11)9(13)15-4-2/h7H,3-5H2,1-2H3. The molecule has 0 amide bonds. The minimum atomic E-state index is -1.15. The maximum atomic E-state index is 11.2. The lowest BCUT2D eigenvalue weighted by Crippen LogP contribution is -2.25. The molecule has 0 aromatic heterocycles. The van der Waals surface area contributed by atoms with Crippen LogP contribution in [0.1, 0.15) is 20.3 Å². The Morgan fingerprint density at radius 1 is 1.27 bits per heavy atom. The zero-order valence-electron chi connectivity index (χ0n) is 8.69. The second kappa shape index (κ2) is 7.70. The van der Waals surface area contributed by atoms with E-state index in [9.17, 15) is 14.4 Å². The summed E-state index contributed by atoms with van der Waals surface area (Å²) in [5.41, 5.74) is 0. The predicted molar refractivity (Wildman–Crippen MR) is 49.8 cm³/mol. The number of rotatable bonds is 6. The van der Waals surface area contributed by atoms with Crippen LogP contribution in [-0.2, 0) is 23.9 Å². The monoisotopic (exact) mass is 215 g/mol. The number of hydrogen-bond donors (Lipinski definition) is 0. The van der Waals surface area contributed by atoms with Crippen LogP contribution in [0.2, 0.25) is 0 Å². The SMILES string of the molecule is CCOC(=O)CC(N=C=O)C(=O)OCC. The van der Waals surface area contributed by atoms with Gasteiger partial charge in [0.1, 0.15) is 0 Å². The number of ether oxygens (including phenoxy) is 2. The van der Waals surface area contributed by atoms with Gasteiger partial charge in [-0.3, -0.25) is 4.79 Å². The summed E-state index contributed by atoms with van der Waals surface area (Å²) < 4.78 is 9.23. The summed E-state index contributed by atoms with van der Waals surface area (Å²) in [5, 5.41) is 0. The Hall–Kier alpha value is -1.68. The summed E-state index contributed by atoms with van der Waals surface area (Å²) in [6, 6.07) is -1.15. The first-order valence-electron chi connectivity index (χ1n) is 4.54. The van der Waals surface area contributed by atoms with Gasteiger partial charge in [0.25, 0.3) is 0 Å². The highest BCUT2D eigenvalue weighted by Gasteiger charge is 2.23. The molecule has 1 atom stereocenters. The topological polar surface area (TPSA) is 82.0 Å². The molecule has 0 heterocycles. The van der Waals surface area contributed by atoms with Gasteiger partial charge in [0.15, 0.2) is 6.04 Å². The lowest BCUT2D eigenvalue weighted by molar-refractivity contribution is -0.151. The van der Waals surface area contributed by atoms with Crippen LogP contribution in [0.15, 0.2) is 4.99 Å². The second-order valence-electron chi connectivity index (χ2n) is 2.50. The number of aliphatic imine (C=N–C) groups is 1. The molecule has 0 N–H and O–H groups in total. The highest BCUT2D eigenvalue weighted by Crippen LogP contribution is 2.02. The lowest BCUT2D eigenvalue weighted by atomic mass is 10.2. The van der Waals surface area contributed by atoms with Crippen molar-refractivity contribution in [1.82, 2.24) is 0 Å². The van der Waals surface area contributed by atoms with E-state index in [1.54, 1.807) is 13.8 Å². The molecule has 0 fully saturated rings. The van der Waals surface area contributed by atoms with Gasteiger partial charge in [0, 0.05) is 0 Å². The zero-order valence-corrected chi connectivity index (χ0v) is 8.69. The largest absolute Gasteiger partial charge is 0.466 e. The molecule has 0 saturated heterocycles. The fraction of sp³-hybridized carbons (Fsp3) is 0.667. The van der Waals surface area contributed by atoms with Gasteiger partial charge in [-0.15, -0.1) is 0 Å². The van der Waals surface area contributed by atoms with E-state index in [0.717, 1.165) is 0 Å². The molecular weight excluding hydrogens is 202 g/mol. The first-order chi connectivity index (χ1) is 7.15. The molecule has 15 heavy (non-hydrogen) atoms. The van der Waals surface area contributed by atoms with E-state index in [2.05, 4.69) is 14.5 Å². The molecule has 1 unspecified atom stereocenters. The average Bonchev–Trinajstić information content (AvgIpc) is 2.18. The van der Waals surface area contributed by atoms with E-state index in [4.69, 9.17) is 0 Å². The Labute approximate surface area is 87.3 Å². The number of carbonyl (C=O) groups is 2. The Balaban J connectivity index is 4.33. The van der Waals surface area contributed by atoms with Crippen molar-refractivity contribution in [2.24, 2.45) is 4.99 Å². The summed E-state index contributed by atoms with van der Waals surface area (Å²) in [4.78, 5) is 35.4. The molecule has 0 radical (unpaired) electrons. The predicted octanol–water partition coefficient (Wildman–Crippen LogP) is 0.207. The van der Waals surface area contributed by atoms with Crippen molar-refractivity contribution in [3.05, 3.63) is 0 Å². The van der Waals surface area contributed by atoms with Crippen LogP contribution in [-0.4, -0.2) is 37.3 Å². The summed E-state index contributed by atoms with van der Waals surface area (Å²) >= 11 is 0. The minimum absolute atomic E-state index is 0.159. The molecule has 0 aromatic rings. The molecule has 0 aliphatic carbocycles. The molecule has 0 aliphatic heterocycles. The maximum Gasteiger partial charge on any atom is 0.332 e. The van der Waals surface area contributed by atoms with Gasteiger partial charge in [-0.25, -0.2) is 9.59 Å².